The van der Waals surface area contributed by atoms with Crippen LogP contribution in [0.5, 0.6) is 0 Å². The van der Waals surface area contributed by atoms with E-state index in [0.717, 1.165) is 12.8 Å². The van der Waals surface area contributed by atoms with E-state index in [-0.39, 0.29) is 0 Å². The molecule has 0 saturated heterocycles. The van der Waals surface area contributed by atoms with Crippen LogP contribution in [0.3, 0.4) is 0 Å². The molecule has 0 saturated carbocycles. The van der Waals surface area contributed by atoms with Gasteiger partial charge in [-0.05, 0) is 6.42 Å². The van der Waals surface area contributed by atoms with Crippen molar-refractivity contribution in [2.45, 2.75) is 19.8 Å². The summed E-state index contributed by atoms with van der Waals surface area (Å²) in [5.74, 6) is 0. The Morgan fingerprint density at radius 2 is 2.30 bits per heavy atom. The second-order valence-electron chi connectivity index (χ2n) is 1.84. The van der Waals surface area contributed by atoms with Crippen molar-refractivity contribution >= 4 is 7.32 Å². The van der Waals surface area contributed by atoms with E-state index in [1.807, 2.05) is 6.08 Å². The first-order valence-corrected chi connectivity index (χ1v) is 3.32. The van der Waals surface area contributed by atoms with Gasteiger partial charge in [-0.25, -0.2) is 0 Å². The van der Waals surface area contributed by atoms with Crippen molar-refractivity contribution in [1.29, 1.82) is 0 Å². The van der Waals surface area contributed by atoms with Gasteiger partial charge >= 0.3 is 7.32 Å². The van der Waals surface area contributed by atoms with E-state index in [2.05, 4.69) is 16.2 Å². The fourth-order valence-corrected chi connectivity index (χ4v) is 0.413. The molecular weight excluding hydrogens is 131 g/mol. The summed E-state index contributed by atoms with van der Waals surface area (Å²) in [5.41, 5.74) is 0. The van der Waals surface area contributed by atoms with Crippen molar-refractivity contribution in [1.82, 2.24) is 0 Å². The summed E-state index contributed by atoms with van der Waals surface area (Å²) in [7, 11) is 0.242. The molecule has 3 nitrogen and oxygen atoms in total. The highest BCUT2D eigenvalue weighted by Gasteiger charge is 2.10. The Bertz CT molecular complexity index is 95.0. The first kappa shape index (κ1) is 9.52. The monoisotopic (exact) mass is 144 g/mol. The third-order valence-electron chi connectivity index (χ3n) is 0.948. The molecule has 0 atom stereocenters. The van der Waals surface area contributed by atoms with Gasteiger partial charge in [-0.15, -0.1) is 0 Å². The molecule has 0 radical (unpaired) electrons. The van der Waals surface area contributed by atoms with Gasteiger partial charge in [0.05, 0.1) is 6.26 Å². The topological polar surface area (TPSA) is 38.7 Å². The van der Waals surface area contributed by atoms with Gasteiger partial charge in [-0.2, -0.15) is 0 Å². The summed E-state index contributed by atoms with van der Waals surface area (Å²) in [6.45, 7) is 2.07. The summed E-state index contributed by atoms with van der Waals surface area (Å²) >= 11 is 0. The highest BCUT2D eigenvalue weighted by molar-refractivity contribution is 6.34. The second-order valence-corrected chi connectivity index (χ2v) is 1.84. The lowest BCUT2D eigenvalue weighted by molar-refractivity contribution is 0.214. The SMILES string of the molecule is CCCC=COB(O)OC. The van der Waals surface area contributed by atoms with Crippen LogP contribution in [0, 0.1) is 0 Å². The molecule has 58 valence electrons. The van der Waals surface area contributed by atoms with Crippen molar-refractivity contribution in [2.75, 3.05) is 7.11 Å². The molecule has 0 spiro atoms. The van der Waals surface area contributed by atoms with Gasteiger partial charge in [0.2, 0.25) is 0 Å². The number of allylic oxidation sites excluding steroid dienone is 1. The van der Waals surface area contributed by atoms with Crippen LogP contribution >= 0.6 is 0 Å². The predicted molar refractivity (Wildman–Crippen MR) is 40.1 cm³/mol. The lowest BCUT2D eigenvalue weighted by Crippen LogP contribution is -2.16. The lowest BCUT2D eigenvalue weighted by atomic mass is 10.2. The molecule has 0 aliphatic heterocycles. The Balaban J connectivity index is 3.16. The Morgan fingerprint density at radius 1 is 1.60 bits per heavy atom. The molecule has 0 aromatic heterocycles. The fourth-order valence-electron chi connectivity index (χ4n) is 0.413. The first-order chi connectivity index (χ1) is 4.81. The molecule has 0 unspecified atom stereocenters. The summed E-state index contributed by atoms with van der Waals surface area (Å²) in [6, 6.07) is 0. The molecule has 0 bridgehead atoms. The van der Waals surface area contributed by atoms with Gasteiger partial charge in [0.25, 0.3) is 0 Å². The molecule has 1 N–H and O–H groups in total. The van der Waals surface area contributed by atoms with E-state index in [1.54, 1.807) is 0 Å². The smallest absolute Gasteiger partial charge is 0.519 e. The number of unbranched alkanes of at least 4 members (excludes halogenated alkanes) is 1. The van der Waals surface area contributed by atoms with Crippen LogP contribution in [0.1, 0.15) is 19.8 Å². The predicted octanol–water partition coefficient (Wildman–Crippen LogP) is 0.940. The maximum Gasteiger partial charge on any atom is 0.709 e. The molecule has 0 aliphatic rings. The minimum absolute atomic E-state index is 0.955. The molecule has 0 fully saturated rings. The summed E-state index contributed by atoms with van der Waals surface area (Å²) in [6.07, 6.45) is 5.30. The van der Waals surface area contributed by atoms with Crippen molar-refractivity contribution < 1.29 is 14.3 Å². The van der Waals surface area contributed by atoms with Crippen molar-refractivity contribution in [2.24, 2.45) is 0 Å². The standard InChI is InChI=1S/C6H13BO3/c1-3-4-5-6-10-7(8)9-2/h5-6,8H,3-4H2,1-2H3. The fraction of sp³-hybridized carbons (Fsp3) is 0.667. The van der Waals surface area contributed by atoms with Crippen LogP contribution in [-0.2, 0) is 9.31 Å². The van der Waals surface area contributed by atoms with Gasteiger partial charge in [0.1, 0.15) is 0 Å². The first-order valence-electron chi connectivity index (χ1n) is 3.32. The molecule has 0 rings (SSSR count). The molecule has 0 aromatic rings. The van der Waals surface area contributed by atoms with Crippen molar-refractivity contribution in [3.8, 4) is 0 Å². The van der Waals surface area contributed by atoms with Crippen molar-refractivity contribution in [3.63, 3.8) is 0 Å². The number of rotatable bonds is 5. The zero-order chi connectivity index (χ0) is 7.82. The zero-order valence-electron chi connectivity index (χ0n) is 6.41. The van der Waals surface area contributed by atoms with Crippen LogP contribution in [-0.4, -0.2) is 19.5 Å². The Kier molecular flexibility index (Phi) is 6.33. The molecule has 10 heavy (non-hydrogen) atoms. The zero-order valence-corrected chi connectivity index (χ0v) is 6.41. The van der Waals surface area contributed by atoms with E-state index in [4.69, 9.17) is 5.02 Å². The Labute approximate surface area is 61.8 Å². The Hall–Kier alpha value is -0.475. The third-order valence-corrected chi connectivity index (χ3v) is 0.948. The highest BCUT2D eigenvalue weighted by Crippen LogP contribution is 1.90. The van der Waals surface area contributed by atoms with E-state index in [1.165, 1.54) is 13.4 Å². The average molecular weight is 144 g/mol. The molecule has 0 amide bonds. The van der Waals surface area contributed by atoms with Gasteiger partial charge in [0, 0.05) is 7.11 Å². The van der Waals surface area contributed by atoms with E-state index in [0.29, 0.717) is 0 Å². The summed E-state index contributed by atoms with van der Waals surface area (Å²) < 4.78 is 9.06. The van der Waals surface area contributed by atoms with Gasteiger partial charge in [-0.1, -0.05) is 19.4 Å². The van der Waals surface area contributed by atoms with Crippen LogP contribution in [0.4, 0.5) is 0 Å². The number of hydrogen-bond acceptors (Lipinski definition) is 3. The van der Waals surface area contributed by atoms with Crippen molar-refractivity contribution in [3.05, 3.63) is 12.3 Å². The van der Waals surface area contributed by atoms with Gasteiger partial charge in [0.15, 0.2) is 0 Å². The molecule has 0 aliphatic carbocycles. The van der Waals surface area contributed by atoms with E-state index >= 15 is 0 Å². The second kappa shape index (κ2) is 6.64. The van der Waals surface area contributed by atoms with Gasteiger partial charge in [-0.3, -0.25) is 0 Å². The lowest BCUT2D eigenvalue weighted by Gasteiger charge is -1.99. The maximum absolute atomic E-state index is 8.66. The normalized spacial score (nSPS) is 10.3. The molecular formula is C6H13BO3. The van der Waals surface area contributed by atoms with Crippen LogP contribution in [0.25, 0.3) is 0 Å². The molecule has 0 heterocycles. The minimum Gasteiger partial charge on any atom is -0.519 e. The van der Waals surface area contributed by atoms with Crippen LogP contribution in [0.2, 0.25) is 0 Å². The van der Waals surface area contributed by atoms with E-state index in [9.17, 15) is 0 Å². The van der Waals surface area contributed by atoms with Gasteiger partial charge < -0.3 is 14.3 Å². The summed E-state index contributed by atoms with van der Waals surface area (Å²) in [4.78, 5) is 0. The third kappa shape index (κ3) is 5.66. The number of hydrogen-bond donors (Lipinski definition) is 1. The molecule has 4 heteroatoms. The van der Waals surface area contributed by atoms with Crippen LogP contribution in [0.15, 0.2) is 12.3 Å². The highest BCUT2D eigenvalue weighted by atomic mass is 16.7. The largest absolute Gasteiger partial charge is 0.709 e. The van der Waals surface area contributed by atoms with E-state index < -0.39 is 7.32 Å². The maximum atomic E-state index is 8.66. The Morgan fingerprint density at radius 3 is 2.80 bits per heavy atom. The summed E-state index contributed by atoms with van der Waals surface area (Å²) in [5, 5.41) is 8.66. The minimum atomic E-state index is -1.13. The van der Waals surface area contributed by atoms with Crippen LogP contribution < -0.4 is 0 Å². The molecule has 0 aromatic carbocycles. The quantitative estimate of drug-likeness (QED) is 0.460. The average Bonchev–Trinajstić information content (AvgIpc) is 1.98.